The molecule has 1 aromatic heterocycles. The molecule has 72 valence electrons. The van der Waals surface area contributed by atoms with Crippen molar-refractivity contribution in [3.8, 4) is 0 Å². The summed E-state index contributed by atoms with van der Waals surface area (Å²) in [5.74, 6) is -0.193. The molecule has 0 aliphatic heterocycles. The van der Waals surface area contributed by atoms with Crippen LogP contribution in [0.15, 0.2) is 20.1 Å². The van der Waals surface area contributed by atoms with Crippen LogP contribution in [0, 0.1) is 6.92 Å². The monoisotopic (exact) mass is 183 g/mol. The molecule has 0 amide bonds. The number of aromatic nitrogens is 1. The Morgan fingerprint density at radius 3 is 2.69 bits per heavy atom. The third kappa shape index (κ3) is 2.31. The summed E-state index contributed by atoms with van der Waals surface area (Å²) in [4.78, 5) is 22.4. The quantitative estimate of drug-likeness (QED) is 0.699. The predicted octanol–water partition coefficient (Wildman–Crippen LogP) is 0.910. The van der Waals surface area contributed by atoms with E-state index in [1.54, 1.807) is 6.92 Å². The van der Waals surface area contributed by atoms with Crippen LogP contribution in [0.4, 0.5) is 0 Å². The van der Waals surface area contributed by atoms with Crippen LogP contribution < -0.4 is 11.3 Å². The molecule has 4 nitrogen and oxygen atoms in total. The van der Waals surface area contributed by atoms with Gasteiger partial charge in [0.05, 0.1) is 0 Å². The number of rotatable bonds is 3. The summed E-state index contributed by atoms with van der Waals surface area (Å²) in [5.41, 5.74) is -0.276. The van der Waals surface area contributed by atoms with Crippen LogP contribution in [0.2, 0.25) is 0 Å². The van der Waals surface area contributed by atoms with Crippen molar-refractivity contribution in [3.63, 3.8) is 0 Å². The van der Waals surface area contributed by atoms with E-state index < -0.39 is 5.76 Å². The largest absolute Gasteiger partial charge is 0.421 e. The van der Waals surface area contributed by atoms with Crippen molar-refractivity contribution >= 4 is 0 Å². The van der Waals surface area contributed by atoms with Crippen LogP contribution in [-0.2, 0) is 6.54 Å². The van der Waals surface area contributed by atoms with Gasteiger partial charge >= 0.3 is 5.76 Å². The molecule has 1 heterocycles. The second-order valence-electron chi connectivity index (χ2n) is 2.97. The van der Waals surface area contributed by atoms with E-state index in [1.807, 2.05) is 6.92 Å². The van der Waals surface area contributed by atoms with Crippen LogP contribution in [0.3, 0.4) is 0 Å². The Kier molecular flexibility index (Phi) is 3.06. The summed E-state index contributed by atoms with van der Waals surface area (Å²) >= 11 is 0. The Morgan fingerprint density at radius 2 is 2.15 bits per heavy atom. The Balaban J connectivity index is 3.07. The fourth-order valence-electron chi connectivity index (χ4n) is 1.08. The van der Waals surface area contributed by atoms with E-state index in [0.717, 1.165) is 17.4 Å². The molecule has 0 bridgehead atoms. The van der Waals surface area contributed by atoms with E-state index in [-0.39, 0.29) is 5.56 Å². The Morgan fingerprint density at radius 1 is 1.46 bits per heavy atom. The van der Waals surface area contributed by atoms with Crippen molar-refractivity contribution in [2.24, 2.45) is 0 Å². The molecule has 1 aromatic rings. The molecule has 0 saturated heterocycles. The molecule has 0 N–H and O–H groups in total. The first kappa shape index (κ1) is 9.77. The van der Waals surface area contributed by atoms with Crippen molar-refractivity contribution in [3.05, 3.63) is 32.7 Å². The maximum absolute atomic E-state index is 11.3. The lowest BCUT2D eigenvalue weighted by atomic mass is 10.3. The number of aryl methyl sites for hydroxylation is 1. The highest BCUT2D eigenvalue weighted by Crippen LogP contribution is 1.90. The van der Waals surface area contributed by atoms with Crippen LogP contribution in [0.1, 0.15) is 25.5 Å². The minimum Gasteiger partial charge on any atom is -0.415 e. The zero-order valence-electron chi connectivity index (χ0n) is 7.87. The Bertz CT molecular complexity index is 357. The van der Waals surface area contributed by atoms with Gasteiger partial charge in [-0.1, -0.05) is 13.3 Å². The molecule has 0 saturated carbocycles. The first-order valence-electron chi connectivity index (χ1n) is 4.36. The van der Waals surface area contributed by atoms with E-state index in [4.69, 9.17) is 4.42 Å². The molecule has 0 unspecified atom stereocenters. The number of unbranched alkanes of at least 4 members (excludes halogenated alkanes) is 1. The Hall–Kier alpha value is -1.32. The molecule has 0 aliphatic carbocycles. The first-order valence-corrected chi connectivity index (χ1v) is 4.36. The Labute approximate surface area is 75.8 Å². The lowest BCUT2D eigenvalue weighted by molar-refractivity contribution is 0.394. The first-order chi connectivity index (χ1) is 6.15. The van der Waals surface area contributed by atoms with E-state index in [9.17, 15) is 9.59 Å². The van der Waals surface area contributed by atoms with E-state index in [1.165, 1.54) is 6.07 Å². The fourth-order valence-corrected chi connectivity index (χ4v) is 1.08. The zero-order chi connectivity index (χ0) is 9.84. The fraction of sp³-hybridized carbons (Fsp3) is 0.556. The highest BCUT2D eigenvalue weighted by molar-refractivity contribution is 4.91. The van der Waals surface area contributed by atoms with Gasteiger partial charge < -0.3 is 4.42 Å². The van der Waals surface area contributed by atoms with Gasteiger partial charge in [0.25, 0.3) is 5.56 Å². The zero-order valence-corrected chi connectivity index (χ0v) is 7.87. The molecule has 0 spiro atoms. The summed E-state index contributed by atoms with van der Waals surface area (Å²) in [5, 5.41) is 0. The minimum absolute atomic E-state index is 0.276. The van der Waals surface area contributed by atoms with E-state index >= 15 is 0 Å². The average molecular weight is 183 g/mol. The maximum Gasteiger partial charge on any atom is 0.421 e. The topological polar surface area (TPSA) is 52.2 Å². The van der Waals surface area contributed by atoms with Crippen LogP contribution in [0.5, 0.6) is 0 Å². The summed E-state index contributed by atoms with van der Waals surface area (Å²) in [6, 6.07) is 1.33. The molecule has 0 fully saturated rings. The summed E-state index contributed by atoms with van der Waals surface area (Å²) in [6.07, 6.45) is 1.76. The van der Waals surface area contributed by atoms with E-state index in [0.29, 0.717) is 12.3 Å². The molecular weight excluding hydrogens is 170 g/mol. The van der Waals surface area contributed by atoms with Gasteiger partial charge in [-0.15, -0.1) is 0 Å². The predicted molar refractivity (Wildman–Crippen MR) is 48.9 cm³/mol. The summed E-state index contributed by atoms with van der Waals surface area (Å²) < 4.78 is 5.92. The number of hydrogen-bond acceptors (Lipinski definition) is 3. The van der Waals surface area contributed by atoms with Gasteiger partial charge in [0.15, 0.2) is 0 Å². The van der Waals surface area contributed by atoms with Crippen LogP contribution in [0.25, 0.3) is 0 Å². The molecule has 0 atom stereocenters. The van der Waals surface area contributed by atoms with Crippen molar-refractivity contribution in [2.45, 2.75) is 33.2 Å². The van der Waals surface area contributed by atoms with Gasteiger partial charge in [0.1, 0.15) is 5.76 Å². The lowest BCUT2D eigenvalue weighted by Crippen LogP contribution is -2.32. The number of hydrogen-bond donors (Lipinski definition) is 0. The molecule has 0 radical (unpaired) electrons. The van der Waals surface area contributed by atoms with Crippen molar-refractivity contribution in [1.82, 2.24) is 4.57 Å². The van der Waals surface area contributed by atoms with Gasteiger partial charge in [-0.2, -0.15) is 0 Å². The van der Waals surface area contributed by atoms with E-state index in [2.05, 4.69) is 0 Å². The third-order valence-electron chi connectivity index (χ3n) is 1.80. The standard InChI is InChI=1S/C9H13NO3/c1-3-4-5-10-8(11)6-7(2)13-9(10)12/h6H,3-5H2,1-2H3. The minimum atomic E-state index is -0.557. The smallest absolute Gasteiger partial charge is 0.415 e. The highest BCUT2D eigenvalue weighted by Gasteiger charge is 2.02. The molecule has 1 rings (SSSR count). The molecule has 4 heteroatoms. The lowest BCUT2D eigenvalue weighted by Gasteiger charge is -2.01. The van der Waals surface area contributed by atoms with Gasteiger partial charge in [0.2, 0.25) is 0 Å². The molecule has 13 heavy (non-hydrogen) atoms. The molecular formula is C9H13NO3. The third-order valence-corrected chi connectivity index (χ3v) is 1.80. The normalized spacial score (nSPS) is 10.3. The summed E-state index contributed by atoms with van der Waals surface area (Å²) in [7, 11) is 0. The maximum atomic E-state index is 11.3. The average Bonchev–Trinajstić information content (AvgIpc) is 2.02. The van der Waals surface area contributed by atoms with Crippen LogP contribution in [-0.4, -0.2) is 4.57 Å². The molecule has 0 aliphatic rings. The van der Waals surface area contributed by atoms with Crippen molar-refractivity contribution in [2.75, 3.05) is 0 Å². The summed E-state index contributed by atoms with van der Waals surface area (Å²) in [6.45, 7) is 4.03. The van der Waals surface area contributed by atoms with Crippen LogP contribution >= 0.6 is 0 Å². The SMILES string of the molecule is CCCCn1c(=O)cc(C)oc1=O. The van der Waals surface area contributed by atoms with Gasteiger partial charge in [-0.05, 0) is 13.3 Å². The van der Waals surface area contributed by atoms with Crippen molar-refractivity contribution < 1.29 is 4.42 Å². The highest BCUT2D eigenvalue weighted by atomic mass is 16.4. The van der Waals surface area contributed by atoms with Gasteiger partial charge in [0, 0.05) is 12.6 Å². The van der Waals surface area contributed by atoms with Crippen molar-refractivity contribution in [1.29, 1.82) is 0 Å². The van der Waals surface area contributed by atoms with Gasteiger partial charge in [-0.3, -0.25) is 4.79 Å². The second kappa shape index (κ2) is 4.07. The number of nitrogens with zero attached hydrogens (tertiary/aromatic N) is 1. The second-order valence-corrected chi connectivity index (χ2v) is 2.97. The van der Waals surface area contributed by atoms with Gasteiger partial charge in [-0.25, -0.2) is 9.36 Å². The molecule has 0 aromatic carbocycles.